The van der Waals surface area contributed by atoms with Crippen molar-refractivity contribution in [1.82, 2.24) is 9.13 Å². The molecule has 0 fully saturated rings. The van der Waals surface area contributed by atoms with Gasteiger partial charge in [-0.2, -0.15) is 4.57 Å². The molecular formula is C45H40N3+. The monoisotopic (exact) mass is 622 g/mol. The van der Waals surface area contributed by atoms with E-state index >= 15 is 0 Å². The highest BCUT2D eigenvalue weighted by molar-refractivity contribution is 6.28. The average Bonchev–Trinajstić information content (AvgIpc) is 3.63. The van der Waals surface area contributed by atoms with Gasteiger partial charge in [0.2, 0.25) is 0 Å². The number of hydrogen-bond donors (Lipinski definition) is 0. The van der Waals surface area contributed by atoms with Crippen LogP contribution in [0.4, 0.5) is 0 Å². The Hall–Kier alpha value is -5.41. The summed E-state index contributed by atoms with van der Waals surface area (Å²) < 4.78 is 7.34. The SMILES string of the molecule is CC1=C(c2ccc3c4c5c6ccccc6n(-c6ccccc6)c5ccc4n(-c4ccccc4)c3[n+]2C)C=C(C(C)(C)C)C2C=CC=CC12. The summed E-state index contributed by atoms with van der Waals surface area (Å²) in [4.78, 5) is 0. The van der Waals surface area contributed by atoms with Gasteiger partial charge >= 0.3 is 0 Å². The van der Waals surface area contributed by atoms with E-state index in [2.05, 4.69) is 188 Å². The van der Waals surface area contributed by atoms with Gasteiger partial charge < -0.3 is 4.57 Å². The summed E-state index contributed by atoms with van der Waals surface area (Å²) in [6.45, 7) is 9.40. The van der Waals surface area contributed by atoms with Crippen LogP contribution in [-0.4, -0.2) is 9.13 Å². The van der Waals surface area contributed by atoms with Gasteiger partial charge in [-0.05, 0) is 66.9 Å². The number of para-hydroxylation sites is 3. The molecule has 4 aromatic carbocycles. The Bertz CT molecular complexity index is 2540. The fourth-order valence-corrected chi connectivity index (χ4v) is 8.55. The Morgan fingerprint density at radius 3 is 1.85 bits per heavy atom. The number of pyridine rings is 1. The van der Waals surface area contributed by atoms with Crippen LogP contribution in [0.25, 0.3) is 60.7 Å². The normalized spacial score (nSPS) is 18.0. The minimum absolute atomic E-state index is 0.0601. The van der Waals surface area contributed by atoms with Gasteiger partial charge in [-0.3, -0.25) is 0 Å². The van der Waals surface area contributed by atoms with Crippen LogP contribution in [0.3, 0.4) is 0 Å². The average molecular weight is 623 g/mol. The number of benzene rings is 4. The Morgan fingerprint density at radius 1 is 0.583 bits per heavy atom. The molecule has 9 rings (SSSR count). The third kappa shape index (κ3) is 4.10. The highest BCUT2D eigenvalue weighted by Gasteiger charge is 2.36. The first-order valence-electron chi connectivity index (χ1n) is 17.1. The molecule has 7 aromatic rings. The van der Waals surface area contributed by atoms with E-state index < -0.39 is 0 Å². The van der Waals surface area contributed by atoms with Crippen LogP contribution in [0.1, 0.15) is 33.4 Å². The van der Waals surface area contributed by atoms with Crippen LogP contribution in [0.2, 0.25) is 0 Å². The third-order valence-electron chi connectivity index (χ3n) is 10.8. The summed E-state index contributed by atoms with van der Waals surface area (Å²) in [6, 6.07) is 39.9. The second kappa shape index (κ2) is 10.6. The lowest BCUT2D eigenvalue weighted by molar-refractivity contribution is -0.649. The number of allylic oxidation sites excluding steroid dienone is 8. The molecule has 0 saturated carbocycles. The predicted molar refractivity (Wildman–Crippen MR) is 202 cm³/mol. The van der Waals surface area contributed by atoms with Gasteiger partial charge in [0.1, 0.15) is 16.9 Å². The van der Waals surface area contributed by atoms with Gasteiger partial charge in [-0.1, -0.05) is 117 Å². The van der Waals surface area contributed by atoms with E-state index in [-0.39, 0.29) is 5.41 Å². The lowest BCUT2D eigenvalue weighted by Gasteiger charge is -2.38. The van der Waals surface area contributed by atoms with E-state index in [0.717, 1.165) is 5.69 Å². The van der Waals surface area contributed by atoms with Gasteiger partial charge in [0.15, 0.2) is 0 Å². The topological polar surface area (TPSA) is 13.7 Å². The standard InChI is InChI=1S/C45H40N3/c1-29-32-20-12-13-21-33(32)37(45(2,3)4)28-36(29)38-25-24-35-43-41(48(44(35)46(38)5)31-18-10-7-11-19-31)27-26-40-42(43)34-22-14-15-23-39(34)47(40)30-16-8-6-9-17-30/h6-28,32-33H,1-5H3/q+1. The van der Waals surface area contributed by atoms with Crippen LogP contribution in [0.5, 0.6) is 0 Å². The number of aryl methyl sites for hydroxylation is 1. The highest BCUT2D eigenvalue weighted by atomic mass is 15.1. The van der Waals surface area contributed by atoms with Gasteiger partial charge in [-0.15, -0.1) is 0 Å². The molecule has 0 bridgehead atoms. The first kappa shape index (κ1) is 28.8. The maximum atomic E-state index is 2.50. The summed E-state index contributed by atoms with van der Waals surface area (Å²) in [5.41, 5.74) is 12.8. The van der Waals surface area contributed by atoms with Crippen molar-refractivity contribution in [3.8, 4) is 11.4 Å². The zero-order valence-electron chi connectivity index (χ0n) is 28.3. The van der Waals surface area contributed by atoms with Crippen LogP contribution < -0.4 is 4.57 Å². The van der Waals surface area contributed by atoms with Crippen LogP contribution in [-0.2, 0) is 7.05 Å². The molecule has 0 spiro atoms. The maximum Gasteiger partial charge on any atom is 0.295 e. The molecular weight excluding hydrogens is 583 g/mol. The molecule has 2 atom stereocenters. The maximum absolute atomic E-state index is 2.50. The van der Waals surface area contributed by atoms with Crippen LogP contribution in [0.15, 0.2) is 151 Å². The van der Waals surface area contributed by atoms with Gasteiger partial charge in [-0.25, -0.2) is 4.57 Å². The zero-order valence-corrected chi connectivity index (χ0v) is 28.3. The Balaban J connectivity index is 1.41. The van der Waals surface area contributed by atoms with E-state index in [1.807, 2.05) is 0 Å². The molecule has 2 aliphatic rings. The first-order valence-corrected chi connectivity index (χ1v) is 17.1. The molecule has 2 unspecified atom stereocenters. The van der Waals surface area contributed by atoms with E-state index in [4.69, 9.17) is 0 Å². The molecule has 234 valence electrons. The zero-order chi connectivity index (χ0) is 32.7. The molecule has 0 amide bonds. The molecule has 3 nitrogen and oxygen atoms in total. The fourth-order valence-electron chi connectivity index (χ4n) is 8.55. The lowest BCUT2D eigenvalue weighted by atomic mass is 9.66. The predicted octanol–water partition coefficient (Wildman–Crippen LogP) is 10.8. The Kier molecular flexibility index (Phi) is 6.33. The van der Waals surface area contributed by atoms with Gasteiger partial charge in [0.25, 0.3) is 5.65 Å². The third-order valence-corrected chi connectivity index (χ3v) is 10.8. The van der Waals surface area contributed by atoms with Crippen molar-refractivity contribution in [2.24, 2.45) is 24.3 Å². The lowest BCUT2D eigenvalue weighted by Crippen LogP contribution is -2.37. The van der Waals surface area contributed by atoms with Crippen molar-refractivity contribution in [3.63, 3.8) is 0 Å². The minimum Gasteiger partial charge on any atom is -0.309 e. The van der Waals surface area contributed by atoms with Crippen molar-refractivity contribution < 1.29 is 4.57 Å². The summed E-state index contributed by atoms with van der Waals surface area (Å²) in [5.74, 6) is 0.766. The summed E-state index contributed by atoms with van der Waals surface area (Å²) in [6.07, 6.45) is 11.7. The smallest absolute Gasteiger partial charge is 0.295 e. The van der Waals surface area contributed by atoms with E-state index in [1.165, 1.54) is 71.8 Å². The number of hydrogen-bond acceptors (Lipinski definition) is 0. The fraction of sp³-hybridized carbons (Fsp3) is 0.178. The molecule has 2 aliphatic carbocycles. The number of aromatic nitrogens is 3. The molecule has 0 N–H and O–H groups in total. The van der Waals surface area contributed by atoms with Crippen molar-refractivity contribution in [2.75, 3.05) is 0 Å². The molecule has 0 saturated heterocycles. The van der Waals surface area contributed by atoms with Crippen molar-refractivity contribution in [1.29, 1.82) is 0 Å². The second-order valence-corrected chi connectivity index (χ2v) is 14.5. The second-order valence-electron chi connectivity index (χ2n) is 14.5. The largest absolute Gasteiger partial charge is 0.309 e. The van der Waals surface area contributed by atoms with E-state index in [0.29, 0.717) is 11.8 Å². The molecule has 3 heteroatoms. The molecule has 3 heterocycles. The summed E-state index contributed by atoms with van der Waals surface area (Å²) in [7, 11) is 2.26. The van der Waals surface area contributed by atoms with E-state index in [1.54, 1.807) is 0 Å². The van der Waals surface area contributed by atoms with Crippen molar-refractivity contribution in [3.05, 3.63) is 156 Å². The Labute approximate surface area is 282 Å². The van der Waals surface area contributed by atoms with Crippen molar-refractivity contribution >= 4 is 49.3 Å². The van der Waals surface area contributed by atoms with Gasteiger partial charge in [0.05, 0.1) is 23.5 Å². The molecule has 0 radical (unpaired) electrons. The van der Waals surface area contributed by atoms with Crippen LogP contribution >= 0.6 is 0 Å². The molecule has 48 heavy (non-hydrogen) atoms. The number of rotatable bonds is 3. The molecule has 3 aromatic heterocycles. The quantitative estimate of drug-likeness (QED) is 0.174. The minimum atomic E-state index is 0.0601. The van der Waals surface area contributed by atoms with E-state index in [9.17, 15) is 0 Å². The van der Waals surface area contributed by atoms with Crippen LogP contribution in [0, 0.1) is 17.3 Å². The summed E-state index contributed by atoms with van der Waals surface area (Å²) >= 11 is 0. The number of fused-ring (bicyclic) bond motifs is 8. The van der Waals surface area contributed by atoms with Gasteiger partial charge in [0, 0.05) is 39.3 Å². The Morgan fingerprint density at radius 2 is 1.17 bits per heavy atom. The first-order chi connectivity index (χ1) is 23.3. The number of nitrogens with zero attached hydrogens (tertiary/aromatic N) is 3. The highest BCUT2D eigenvalue weighted by Crippen LogP contribution is 2.48. The summed E-state index contributed by atoms with van der Waals surface area (Å²) in [5, 5.41) is 5.12. The molecule has 0 aliphatic heterocycles. The van der Waals surface area contributed by atoms with Crippen molar-refractivity contribution in [2.45, 2.75) is 27.7 Å².